The Kier molecular flexibility index (Phi) is 4.35. The van der Waals surface area contributed by atoms with Crippen molar-refractivity contribution in [2.45, 2.75) is 30.8 Å². The Hall–Kier alpha value is -2.52. The van der Waals surface area contributed by atoms with Gasteiger partial charge in [0.2, 0.25) is 5.91 Å². The molecule has 1 fully saturated rings. The van der Waals surface area contributed by atoms with Crippen molar-refractivity contribution in [3.63, 3.8) is 0 Å². The summed E-state index contributed by atoms with van der Waals surface area (Å²) in [5, 5.41) is 11.6. The maximum Gasteiger partial charge on any atom is 0.352 e. The van der Waals surface area contributed by atoms with Crippen LogP contribution < -0.4 is 15.8 Å². The van der Waals surface area contributed by atoms with E-state index in [0.717, 1.165) is 17.7 Å². The number of nitrogens with one attached hydrogen (secondary N) is 1. The molecule has 4 rings (SSSR count). The molecule has 0 bridgehead atoms. The molecule has 0 saturated carbocycles. The molecule has 8 nitrogen and oxygen atoms in total. The predicted octanol–water partition coefficient (Wildman–Crippen LogP) is 0.380. The summed E-state index contributed by atoms with van der Waals surface area (Å²) in [6.07, 6.45) is 0.774. The number of fused-ring (bicyclic) bond motifs is 2. The highest BCUT2D eigenvalue weighted by Gasteiger charge is 2.53. The van der Waals surface area contributed by atoms with E-state index in [9.17, 15) is 19.5 Å². The van der Waals surface area contributed by atoms with Gasteiger partial charge in [0, 0.05) is 12.2 Å². The molecule has 3 aliphatic heterocycles. The number of thioether (sulfide) groups is 1. The van der Waals surface area contributed by atoms with Gasteiger partial charge in [0.15, 0.2) is 0 Å². The second-order valence-corrected chi connectivity index (χ2v) is 7.88. The van der Waals surface area contributed by atoms with Crippen LogP contribution in [-0.2, 0) is 20.8 Å². The summed E-state index contributed by atoms with van der Waals surface area (Å²) in [6, 6.07) is 3.71. The predicted molar refractivity (Wildman–Crippen MR) is 97.9 cm³/mol. The molecule has 27 heavy (non-hydrogen) atoms. The number of hydrogen-bond donors (Lipinski definition) is 3. The average Bonchev–Trinajstić information content (AvgIpc) is 3.12. The van der Waals surface area contributed by atoms with Gasteiger partial charge in [-0.25, -0.2) is 4.79 Å². The fraction of sp³-hybridized carbons (Fsp3) is 0.389. The first-order valence-corrected chi connectivity index (χ1v) is 9.62. The summed E-state index contributed by atoms with van der Waals surface area (Å²) < 4.78 is 5.45. The minimum absolute atomic E-state index is 0.0113. The lowest BCUT2D eigenvalue weighted by atomic mass is 10.00. The van der Waals surface area contributed by atoms with Gasteiger partial charge in [0.1, 0.15) is 28.9 Å². The number of amides is 2. The van der Waals surface area contributed by atoms with Gasteiger partial charge in [-0.15, -0.1) is 11.8 Å². The van der Waals surface area contributed by atoms with Gasteiger partial charge in [0.25, 0.3) is 5.91 Å². The molecular weight excluding hydrogens is 370 g/mol. The van der Waals surface area contributed by atoms with Gasteiger partial charge in [-0.2, -0.15) is 0 Å². The van der Waals surface area contributed by atoms with Gasteiger partial charge in [-0.05, 0) is 35.8 Å². The zero-order chi connectivity index (χ0) is 19.3. The third kappa shape index (κ3) is 2.87. The van der Waals surface area contributed by atoms with Gasteiger partial charge in [-0.3, -0.25) is 14.5 Å². The molecule has 3 atom stereocenters. The van der Waals surface area contributed by atoms with Crippen LogP contribution in [0.25, 0.3) is 0 Å². The van der Waals surface area contributed by atoms with Gasteiger partial charge < -0.3 is 20.9 Å². The third-order valence-corrected chi connectivity index (χ3v) is 6.44. The lowest BCUT2D eigenvalue weighted by molar-refractivity contribution is -0.150. The normalized spacial score (nSPS) is 24.5. The number of β-lactam (4-membered cyclic amide) rings is 1. The number of nitrogens with zero attached hydrogens (tertiary/aromatic N) is 1. The van der Waals surface area contributed by atoms with E-state index in [1.807, 2.05) is 6.07 Å². The van der Waals surface area contributed by atoms with E-state index in [4.69, 9.17) is 10.5 Å². The topological polar surface area (TPSA) is 122 Å². The molecule has 142 valence electrons. The highest BCUT2D eigenvalue weighted by molar-refractivity contribution is 8.00. The number of aliphatic carboxylic acids is 1. The van der Waals surface area contributed by atoms with E-state index in [1.54, 1.807) is 19.1 Å². The van der Waals surface area contributed by atoms with E-state index >= 15 is 0 Å². The molecule has 9 heteroatoms. The van der Waals surface area contributed by atoms with Crippen LogP contribution >= 0.6 is 11.8 Å². The highest BCUT2D eigenvalue weighted by Crippen LogP contribution is 2.40. The van der Waals surface area contributed by atoms with E-state index in [2.05, 4.69) is 5.32 Å². The monoisotopic (exact) mass is 389 g/mol. The van der Waals surface area contributed by atoms with E-state index < -0.39 is 35.2 Å². The molecule has 0 spiro atoms. The van der Waals surface area contributed by atoms with Crippen LogP contribution in [0.2, 0.25) is 0 Å². The van der Waals surface area contributed by atoms with E-state index in [1.165, 1.54) is 16.7 Å². The lowest BCUT2D eigenvalue weighted by Crippen LogP contribution is -2.71. The fourth-order valence-corrected chi connectivity index (χ4v) is 4.86. The van der Waals surface area contributed by atoms with E-state index in [-0.39, 0.29) is 5.70 Å². The second-order valence-electron chi connectivity index (χ2n) is 6.77. The van der Waals surface area contributed by atoms with Crippen molar-refractivity contribution in [1.82, 2.24) is 10.2 Å². The van der Waals surface area contributed by atoms with Crippen LogP contribution in [0.15, 0.2) is 29.5 Å². The van der Waals surface area contributed by atoms with Crippen LogP contribution in [0.4, 0.5) is 0 Å². The first kappa shape index (κ1) is 17.9. The molecule has 3 heterocycles. The van der Waals surface area contributed by atoms with E-state index in [0.29, 0.717) is 23.5 Å². The first-order chi connectivity index (χ1) is 12.9. The van der Waals surface area contributed by atoms with Crippen LogP contribution in [0, 0.1) is 0 Å². The number of carbonyl (C=O) groups is 3. The Morgan fingerprint density at radius 2 is 2.22 bits per heavy atom. The van der Waals surface area contributed by atoms with Gasteiger partial charge >= 0.3 is 5.97 Å². The largest absolute Gasteiger partial charge is 0.493 e. The van der Waals surface area contributed by atoms with Crippen molar-refractivity contribution in [2.24, 2.45) is 5.73 Å². The first-order valence-electron chi connectivity index (χ1n) is 8.58. The SMILES string of the molecule is CC1=C(C(=O)O)N2C(=O)C(NC(=O)[C@H](N)c3ccc4c(c3)CCO4)C2SC1. The van der Waals surface area contributed by atoms with Crippen LogP contribution in [-0.4, -0.2) is 51.6 Å². The molecule has 2 unspecified atom stereocenters. The van der Waals surface area contributed by atoms with Crippen molar-refractivity contribution in [1.29, 1.82) is 0 Å². The Morgan fingerprint density at radius 3 is 2.96 bits per heavy atom. The summed E-state index contributed by atoms with van der Waals surface area (Å²) in [5.41, 5.74) is 8.39. The maximum atomic E-state index is 12.6. The summed E-state index contributed by atoms with van der Waals surface area (Å²) in [6.45, 7) is 2.31. The molecule has 2 amide bonds. The van der Waals surface area contributed by atoms with Gasteiger partial charge in [0.05, 0.1) is 6.61 Å². The number of ether oxygens (including phenoxy) is 1. The van der Waals surface area contributed by atoms with Crippen LogP contribution in [0.1, 0.15) is 24.1 Å². The average molecular weight is 389 g/mol. The number of carboxylic acids is 1. The number of carboxylic acid groups (broad SMARTS) is 1. The van der Waals surface area contributed by atoms with Crippen LogP contribution in [0.3, 0.4) is 0 Å². The zero-order valence-corrected chi connectivity index (χ0v) is 15.4. The smallest absolute Gasteiger partial charge is 0.352 e. The molecule has 1 aromatic rings. The van der Waals surface area contributed by atoms with Crippen molar-refractivity contribution < 1.29 is 24.2 Å². The number of rotatable bonds is 4. The number of benzene rings is 1. The molecular formula is C18H19N3O5S. The summed E-state index contributed by atoms with van der Waals surface area (Å²) in [7, 11) is 0. The second kappa shape index (κ2) is 6.58. The van der Waals surface area contributed by atoms with Crippen molar-refractivity contribution in [3.05, 3.63) is 40.6 Å². The molecule has 1 saturated heterocycles. The fourth-order valence-electron chi connectivity index (χ4n) is 3.57. The van der Waals surface area contributed by atoms with Crippen molar-refractivity contribution in [2.75, 3.05) is 12.4 Å². The standard InChI is InChI=1S/C18H19N3O5S/c1-8-7-27-17-13(16(23)21(17)14(8)18(24)25)20-15(22)12(19)10-2-3-11-9(6-10)4-5-26-11/h2-3,6,12-13,17H,4-5,7,19H2,1H3,(H,20,22)(H,24,25)/t12-,13?,17?/m1/s1. The van der Waals surface area contributed by atoms with Gasteiger partial charge in [-0.1, -0.05) is 6.07 Å². The molecule has 0 radical (unpaired) electrons. The number of hydrogen-bond acceptors (Lipinski definition) is 6. The highest BCUT2D eigenvalue weighted by atomic mass is 32.2. The zero-order valence-electron chi connectivity index (χ0n) is 14.6. The molecule has 3 aliphatic rings. The summed E-state index contributed by atoms with van der Waals surface area (Å²) >= 11 is 1.43. The van der Waals surface area contributed by atoms with Crippen molar-refractivity contribution >= 4 is 29.5 Å². The third-order valence-electron chi connectivity index (χ3n) is 5.01. The Balaban J connectivity index is 1.46. The molecule has 0 aromatic heterocycles. The lowest BCUT2D eigenvalue weighted by Gasteiger charge is -2.49. The Morgan fingerprint density at radius 1 is 1.44 bits per heavy atom. The van der Waals surface area contributed by atoms with Crippen LogP contribution in [0.5, 0.6) is 5.75 Å². The Labute approximate surface area is 159 Å². The quantitative estimate of drug-likeness (QED) is 0.636. The van der Waals surface area contributed by atoms with Crippen molar-refractivity contribution in [3.8, 4) is 5.75 Å². The minimum Gasteiger partial charge on any atom is -0.493 e. The Bertz CT molecular complexity index is 884. The molecule has 1 aromatic carbocycles. The number of carbonyl (C=O) groups excluding carboxylic acids is 2. The molecule has 0 aliphatic carbocycles. The summed E-state index contributed by atoms with van der Waals surface area (Å²) in [5.74, 6) is -0.715. The number of nitrogens with two attached hydrogens (primary N) is 1. The maximum absolute atomic E-state index is 12.6. The molecule has 4 N–H and O–H groups in total. The minimum atomic E-state index is -1.13. The summed E-state index contributed by atoms with van der Waals surface area (Å²) in [4.78, 5) is 37.7.